The molecule has 0 radical (unpaired) electrons. The van der Waals surface area contributed by atoms with E-state index in [9.17, 15) is 22.8 Å². The van der Waals surface area contributed by atoms with Gasteiger partial charge in [0.05, 0.1) is 12.3 Å². The molecule has 6 nitrogen and oxygen atoms in total. The molecule has 2 amide bonds. The van der Waals surface area contributed by atoms with E-state index in [2.05, 4.69) is 10.5 Å². The quantitative estimate of drug-likeness (QED) is 0.580. The van der Waals surface area contributed by atoms with Gasteiger partial charge in [-0.25, -0.2) is 5.43 Å². The summed E-state index contributed by atoms with van der Waals surface area (Å²) in [5, 5.41) is 5.71. The van der Waals surface area contributed by atoms with Crippen LogP contribution in [0.1, 0.15) is 29.8 Å². The monoisotopic (exact) mass is 393 g/mol. The van der Waals surface area contributed by atoms with E-state index < -0.39 is 18.0 Å². The van der Waals surface area contributed by atoms with Crippen LogP contribution in [0.25, 0.3) is 0 Å². The average Bonchev–Trinajstić information content (AvgIpc) is 2.66. The fraction of sp³-hybridized carbons (Fsp3) is 0.211. The Morgan fingerprint density at radius 1 is 1.07 bits per heavy atom. The maximum Gasteiger partial charge on any atom is 0.471 e. The largest absolute Gasteiger partial charge is 0.494 e. The molecule has 0 aliphatic rings. The Hall–Kier alpha value is -3.36. The summed E-state index contributed by atoms with van der Waals surface area (Å²) >= 11 is 0. The summed E-state index contributed by atoms with van der Waals surface area (Å²) in [4.78, 5) is 23.2. The SMILES string of the molecule is CCOc1ccc(C(=O)NN=C(C)c2cccc(NC(=O)C(F)(F)F)c2)cc1. The third-order valence-electron chi connectivity index (χ3n) is 3.55. The zero-order valence-corrected chi connectivity index (χ0v) is 15.1. The lowest BCUT2D eigenvalue weighted by molar-refractivity contribution is -0.167. The van der Waals surface area contributed by atoms with Gasteiger partial charge in [0.25, 0.3) is 5.91 Å². The van der Waals surface area contributed by atoms with Crippen LogP contribution in [0.3, 0.4) is 0 Å². The maximum atomic E-state index is 12.3. The highest BCUT2D eigenvalue weighted by molar-refractivity contribution is 6.02. The van der Waals surface area contributed by atoms with Crippen molar-refractivity contribution in [2.75, 3.05) is 11.9 Å². The van der Waals surface area contributed by atoms with Crippen LogP contribution in [-0.2, 0) is 4.79 Å². The van der Waals surface area contributed by atoms with E-state index in [-0.39, 0.29) is 5.69 Å². The van der Waals surface area contributed by atoms with Gasteiger partial charge in [-0.15, -0.1) is 0 Å². The normalized spacial score (nSPS) is 11.7. The van der Waals surface area contributed by atoms with Crippen molar-refractivity contribution in [2.45, 2.75) is 20.0 Å². The van der Waals surface area contributed by atoms with Gasteiger partial charge in [-0.1, -0.05) is 12.1 Å². The lowest BCUT2D eigenvalue weighted by atomic mass is 10.1. The van der Waals surface area contributed by atoms with Crippen molar-refractivity contribution in [3.63, 3.8) is 0 Å². The van der Waals surface area contributed by atoms with Crippen LogP contribution in [0.15, 0.2) is 53.6 Å². The molecule has 2 aromatic rings. The van der Waals surface area contributed by atoms with Crippen LogP contribution in [0.2, 0.25) is 0 Å². The molecule has 2 rings (SSSR count). The molecule has 0 bridgehead atoms. The predicted molar refractivity (Wildman–Crippen MR) is 98.4 cm³/mol. The minimum Gasteiger partial charge on any atom is -0.494 e. The number of ether oxygens (including phenoxy) is 1. The van der Waals surface area contributed by atoms with Gasteiger partial charge < -0.3 is 10.1 Å². The number of hydrogen-bond acceptors (Lipinski definition) is 4. The first-order valence-corrected chi connectivity index (χ1v) is 8.27. The molecule has 0 fully saturated rings. The highest BCUT2D eigenvalue weighted by Gasteiger charge is 2.38. The fourth-order valence-electron chi connectivity index (χ4n) is 2.16. The maximum absolute atomic E-state index is 12.3. The summed E-state index contributed by atoms with van der Waals surface area (Å²) in [5.41, 5.74) is 3.49. The van der Waals surface area contributed by atoms with E-state index in [1.54, 1.807) is 42.6 Å². The average molecular weight is 393 g/mol. The number of rotatable bonds is 6. The number of amides is 2. The second kappa shape index (κ2) is 9.03. The Balaban J connectivity index is 2.05. The van der Waals surface area contributed by atoms with Crippen LogP contribution >= 0.6 is 0 Å². The van der Waals surface area contributed by atoms with Gasteiger partial charge in [-0.05, 0) is 55.8 Å². The fourth-order valence-corrected chi connectivity index (χ4v) is 2.16. The molecule has 148 valence electrons. The number of anilines is 1. The summed E-state index contributed by atoms with van der Waals surface area (Å²) in [6.45, 7) is 3.93. The smallest absolute Gasteiger partial charge is 0.471 e. The molecule has 2 aromatic carbocycles. The van der Waals surface area contributed by atoms with E-state index in [0.717, 1.165) is 0 Å². The Bertz CT molecular complexity index is 878. The number of nitrogens with one attached hydrogen (secondary N) is 2. The Kier molecular flexibility index (Phi) is 6.75. The number of halogens is 3. The van der Waals surface area contributed by atoms with E-state index in [4.69, 9.17) is 4.74 Å². The Labute approximate surface area is 159 Å². The van der Waals surface area contributed by atoms with Crippen molar-refractivity contribution in [3.8, 4) is 5.75 Å². The van der Waals surface area contributed by atoms with Crippen LogP contribution in [-0.4, -0.2) is 30.3 Å². The third kappa shape index (κ3) is 5.83. The number of benzene rings is 2. The highest BCUT2D eigenvalue weighted by atomic mass is 19.4. The number of carbonyl (C=O) groups is 2. The van der Waals surface area contributed by atoms with E-state index in [1.807, 2.05) is 6.92 Å². The molecule has 0 saturated heterocycles. The molecule has 0 aliphatic carbocycles. The van der Waals surface area contributed by atoms with Crippen LogP contribution in [0.5, 0.6) is 5.75 Å². The lowest BCUT2D eigenvalue weighted by Gasteiger charge is -2.09. The van der Waals surface area contributed by atoms with Gasteiger partial charge in [0.15, 0.2) is 0 Å². The second-order valence-electron chi connectivity index (χ2n) is 5.63. The summed E-state index contributed by atoms with van der Waals surface area (Å²) in [6.07, 6.45) is -4.98. The molecule has 0 atom stereocenters. The molecule has 2 N–H and O–H groups in total. The minimum atomic E-state index is -4.98. The van der Waals surface area contributed by atoms with Crippen LogP contribution < -0.4 is 15.5 Å². The molecule has 9 heteroatoms. The van der Waals surface area contributed by atoms with Crippen molar-refractivity contribution >= 4 is 23.2 Å². The second-order valence-corrected chi connectivity index (χ2v) is 5.63. The van der Waals surface area contributed by atoms with E-state index in [1.165, 1.54) is 18.2 Å². The molecular formula is C19H18F3N3O3. The molecule has 0 heterocycles. The summed E-state index contributed by atoms with van der Waals surface area (Å²) in [5.74, 6) is -1.89. The first-order chi connectivity index (χ1) is 13.2. The number of hydrogen-bond donors (Lipinski definition) is 2. The first kappa shape index (κ1) is 20.9. The van der Waals surface area contributed by atoms with Crippen molar-refractivity contribution in [1.82, 2.24) is 5.43 Å². The van der Waals surface area contributed by atoms with Gasteiger partial charge in [-0.2, -0.15) is 18.3 Å². The molecule has 28 heavy (non-hydrogen) atoms. The molecule has 0 aromatic heterocycles. The molecule has 0 unspecified atom stereocenters. The number of nitrogens with zero attached hydrogens (tertiary/aromatic N) is 1. The van der Waals surface area contributed by atoms with Gasteiger partial charge in [0.2, 0.25) is 0 Å². The molecule has 0 aliphatic heterocycles. The highest BCUT2D eigenvalue weighted by Crippen LogP contribution is 2.19. The van der Waals surface area contributed by atoms with Gasteiger partial charge in [0.1, 0.15) is 5.75 Å². The first-order valence-electron chi connectivity index (χ1n) is 8.27. The Morgan fingerprint density at radius 3 is 2.36 bits per heavy atom. The van der Waals surface area contributed by atoms with Gasteiger partial charge in [0, 0.05) is 11.3 Å². The zero-order valence-electron chi connectivity index (χ0n) is 15.1. The van der Waals surface area contributed by atoms with E-state index in [0.29, 0.717) is 29.2 Å². The molecule has 0 spiro atoms. The number of carbonyl (C=O) groups excluding carboxylic acids is 2. The summed E-state index contributed by atoms with van der Waals surface area (Å²) in [7, 11) is 0. The van der Waals surface area contributed by atoms with Crippen LogP contribution in [0.4, 0.5) is 18.9 Å². The van der Waals surface area contributed by atoms with Crippen LogP contribution in [0, 0.1) is 0 Å². The lowest BCUT2D eigenvalue weighted by Crippen LogP contribution is -2.29. The van der Waals surface area contributed by atoms with Crippen molar-refractivity contribution in [1.29, 1.82) is 0 Å². The van der Waals surface area contributed by atoms with Gasteiger partial charge in [-0.3, -0.25) is 9.59 Å². The van der Waals surface area contributed by atoms with Crippen molar-refractivity contribution < 1.29 is 27.5 Å². The molecule has 0 saturated carbocycles. The number of hydrazone groups is 1. The van der Waals surface area contributed by atoms with Gasteiger partial charge >= 0.3 is 12.1 Å². The zero-order chi connectivity index (χ0) is 20.7. The van der Waals surface area contributed by atoms with Crippen molar-refractivity contribution in [2.24, 2.45) is 5.10 Å². The third-order valence-corrected chi connectivity index (χ3v) is 3.55. The predicted octanol–water partition coefficient (Wildman–Crippen LogP) is 3.74. The number of alkyl halides is 3. The summed E-state index contributed by atoms with van der Waals surface area (Å²) in [6, 6.07) is 12.2. The van der Waals surface area contributed by atoms with Crippen molar-refractivity contribution in [3.05, 3.63) is 59.7 Å². The standard InChI is InChI=1S/C19H18F3N3O3/c1-3-28-16-9-7-13(8-10-16)17(26)25-24-12(2)14-5-4-6-15(11-14)23-18(27)19(20,21)22/h4-11H,3H2,1-2H3,(H,23,27)(H,25,26). The summed E-state index contributed by atoms with van der Waals surface area (Å²) < 4.78 is 42.3. The topological polar surface area (TPSA) is 79.8 Å². The van der Waals surface area contributed by atoms with E-state index >= 15 is 0 Å². The Morgan fingerprint density at radius 2 is 1.75 bits per heavy atom. The molecular weight excluding hydrogens is 375 g/mol. The minimum absolute atomic E-state index is 0.0350.